The van der Waals surface area contributed by atoms with Crippen LogP contribution in [0.4, 0.5) is 5.69 Å². The molecule has 1 aromatic carbocycles. The summed E-state index contributed by atoms with van der Waals surface area (Å²) >= 11 is 1.60. The summed E-state index contributed by atoms with van der Waals surface area (Å²) in [7, 11) is 0. The van der Waals surface area contributed by atoms with Crippen molar-refractivity contribution >= 4 is 34.7 Å². The number of anilines is 1. The summed E-state index contributed by atoms with van der Waals surface area (Å²) in [6.07, 6.45) is 0.834. The van der Waals surface area contributed by atoms with Crippen LogP contribution in [0, 0.1) is 5.41 Å². The molecule has 0 spiro atoms. The van der Waals surface area contributed by atoms with Crippen LogP contribution in [0.15, 0.2) is 35.7 Å². The van der Waals surface area contributed by atoms with Crippen LogP contribution in [0.5, 0.6) is 0 Å². The van der Waals surface area contributed by atoms with Gasteiger partial charge in [-0.05, 0) is 41.0 Å². The zero-order valence-corrected chi connectivity index (χ0v) is 17.6. The fourth-order valence-electron chi connectivity index (χ4n) is 3.97. The molecule has 0 radical (unpaired) electrons. The van der Waals surface area contributed by atoms with E-state index in [9.17, 15) is 14.4 Å². The fourth-order valence-corrected chi connectivity index (χ4v) is 4.69. The Hall–Kier alpha value is -2.67. The molecule has 1 saturated heterocycles. The second-order valence-electron chi connectivity index (χ2n) is 8.94. The summed E-state index contributed by atoms with van der Waals surface area (Å²) in [5, 5.41) is 7.89. The van der Waals surface area contributed by atoms with E-state index in [0.29, 0.717) is 30.6 Å². The molecule has 2 atom stereocenters. The number of amides is 3. The summed E-state index contributed by atoms with van der Waals surface area (Å²) in [5.74, 6) is -0.420. The number of nitrogens with one attached hydrogen (secondary N) is 2. The summed E-state index contributed by atoms with van der Waals surface area (Å²) in [4.78, 5) is 41.0. The first-order valence-electron chi connectivity index (χ1n) is 9.80. The SMILES string of the molecule is CC(C)(C)CC(=O)N[C@H]1C[C@H]2C(=O)Nc3ccc(-c4cccs4)cc3C(=O)N2C1. The van der Waals surface area contributed by atoms with Gasteiger partial charge in [0.2, 0.25) is 11.8 Å². The van der Waals surface area contributed by atoms with E-state index in [0.717, 1.165) is 10.4 Å². The van der Waals surface area contributed by atoms with Crippen LogP contribution in [0.25, 0.3) is 10.4 Å². The normalized spacial score (nSPS) is 21.3. The van der Waals surface area contributed by atoms with Gasteiger partial charge >= 0.3 is 0 Å². The zero-order chi connectivity index (χ0) is 20.8. The molecule has 2 N–H and O–H groups in total. The van der Waals surface area contributed by atoms with E-state index < -0.39 is 6.04 Å². The highest BCUT2D eigenvalue weighted by molar-refractivity contribution is 7.13. The molecule has 1 fully saturated rings. The van der Waals surface area contributed by atoms with E-state index in [4.69, 9.17) is 0 Å². The molecule has 7 heteroatoms. The summed E-state index contributed by atoms with van der Waals surface area (Å²) in [5.41, 5.74) is 1.88. The van der Waals surface area contributed by atoms with Gasteiger partial charge in [0.1, 0.15) is 6.04 Å². The standard InChI is InChI=1S/C22H25N3O3S/c1-22(2,3)11-19(26)23-14-10-17-20(27)24-16-7-6-13(18-5-4-8-29-18)9-15(16)21(28)25(17)12-14/h4-9,14,17H,10-12H2,1-3H3,(H,23,26)(H,24,27)/t14-,17-/m0/s1. The van der Waals surface area contributed by atoms with Crippen molar-refractivity contribution in [2.45, 2.75) is 45.7 Å². The summed E-state index contributed by atoms with van der Waals surface area (Å²) < 4.78 is 0. The van der Waals surface area contributed by atoms with Crippen LogP contribution < -0.4 is 10.6 Å². The van der Waals surface area contributed by atoms with Crippen LogP contribution in [-0.4, -0.2) is 41.2 Å². The fraction of sp³-hybridized carbons (Fsp3) is 0.409. The van der Waals surface area contributed by atoms with Gasteiger partial charge in [0, 0.05) is 23.9 Å². The van der Waals surface area contributed by atoms with E-state index in [2.05, 4.69) is 10.6 Å². The van der Waals surface area contributed by atoms with Crippen LogP contribution in [0.1, 0.15) is 44.0 Å². The average Bonchev–Trinajstić information content (AvgIpc) is 3.28. The molecule has 2 aliphatic heterocycles. The van der Waals surface area contributed by atoms with Gasteiger partial charge in [0.05, 0.1) is 11.3 Å². The van der Waals surface area contributed by atoms with Crippen molar-refractivity contribution in [2.24, 2.45) is 5.41 Å². The number of hydrogen-bond donors (Lipinski definition) is 2. The Labute approximate surface area is 174 Å². The van der Waals surface area contributed by atoms with Gasteiger partial charge in [-0.25, -0.2) is 0 Å². The number of nitrogens with zero attached hydrogens (tertiary/aromatic N) is 1. The lowest BCUT2D eigenvalue weighted by molar-refractivity contribution is -0.123. The first-order valence-corrected chi connectivity index (χ1v) is 10.7. The minimum atomic E-state index is -0.569. The van der Waals surface area contributed by atoms with Crippen LogP contribution >= 0.6 is 11.3 Å². The number of rotatable bonds is 3. The quantitative estimate of drug-likeness (QED) is 0.811. The molecule has 152 valence electrons. The lowest BCUT2D eigenvalue weighted by Gasteiger charge is -2.21. The molecular formula is C22H25N3O3S. The van der Waals surface area contributed by atoms with Gasteiger partial charge < -0.3 is 15.5 Å². The first kappa shape index (κ1) is 19.6. The average molecular weight is 412 g/mol. The van der Waals surface area contributed by atoms with Crippen molar-refractivity contribution in [3.05, 3.63) is 41.3 Å². The minimum Gasteiger partial charge on any atom is -0.351 e. The Kier molecular flexibility index (Phi) is 4.94. The topological polar surface area (TPSA) is 78.5 Å². The maximum atomic E-state index is 13.3. The molecule has 0 unspecified atom stereocenters. The molecule has 0 saturated carbocycles. The molecular weight excluding hydrogens is 386 g/mol. The highest BCUT2D eigenvalue weighted by atomic mass is 32.1. The van der Waals surface area contributed by atoms with Gasteiger partial charge in [-0.3, -0.25) is 14.4 Å². The second-order valence-corrected chi connectivity index (χ2v) is 9.89. The molecule has 4 rings (SSSR count). The van der Waals surface area contributed by atoms with Gasteiger partial charge in [0.25, 0.3) is 5.91 Å². The molecule has 6 nitrogen and oxygen atoms in total. The van der Waals surface area contributed by atoms with E-state index in [-0.39, 0.29) is 29.2 Å². The Bertz CT molecular complexity index is 962. The van der Waals surface area contributed by atoms with Crippen molar-refractivity contribution in [2.75, 3.05) is 11.9 Å². The molecule has 3 amide bonds. The molecule has 0 bridgehead atoms. The molecule has 1 aromatic heterocycles. The number of hydrogen-bond acceptors (Lipinski definition) is 4. The third kappa shape index (κ3) is 4.05. The van der Waals surface area contributed by atoms with Gasteiger partial charge in [-0.1, -0.05) is 32.9 Å². The predicted molar refractivity (Wildman–Crippen MR) is 114 cm³/mol. The predicted octanol–water partition coefficient (Wildman–Crippen LogP) is 3.50. The Morgan fingerprint density at radius 1 is 1.28 bits per heavy atom. The van der Waals surface area contributed by atoms with Crippen LogP contribution in [0.2, 0.25) is 0 Å². The number of fused-ring (bicyclic) bond motifs is 2. The third-order valence-electron chi connectivity index (χ3n) is 5.23. The van der Waals surface area contributed by atoms with Crippen molar-refractivity contribution in [1.82, 2.24) is 10.2 Å². The molecule has 0 aliphatic carbocycles. The molecule has 2 aromatic rings. The minimum absolute atomic E-state index is 0.0478. The Morgan fingerprint density at radius 3 is 2.76 bits per heavy atom. The zero-order valence-electron chi connectivity index (χ0n) is 16.8. The maximum Gasteiger partial charge on any atom is 0.256 e. The molecule has 2 aliphatic rings. The second kappa shape index (κ2) is 7.30. The smallest absolute Gasteiger partial charge is 0.256 e. The van der Waals surface area contributed by atoms with E-state index in [1.807, 2.05) is 50.4 Å². The lowest BCUT2D eigenvalue weighted by atomic mass is 9.92. The lowest BCUT2D eigenvalue weighted by Crippen LogP contribution is -2.41. The number of thiophene rings is 1. The van der Waals surface area contributed by atoms with E-state index in [1.165, 1.54) is 0 Å². The van der Waals surface area contributed by atoms with Gasteiger partial charge in [-0.2, -0.15) is 0 Å². The highest BCUT2D eigenvalue weighted by Crippen LogP contribution is 2.33. The maximum absolute atomic E-state index is 13.3. The van der Waals surface area contributed by atoms with Crippen molar-refractivity contribution in [3.8, 4) is 10.4 Å². The molecule has 3 heterocycles. The van der Waals surface area contributed by atoms with Crippen molar-refractivity contribution in [1.29, 1.82) is 0 Å². The van der Waals surface area contributed by atoms with E-state index >= 15 is 0 Å². The Balaban J connectivity index is 1.56. The van der Waals surface area contributed by atoms with Crippen molar-refractivity contribution < 1.29 is 14.4 Å². The summed E-state index contributed by atoms with van der Waals surface area (Å²) in [6, 6.07) is 8.75. The largest absolute Gasteiger partial charge is 0.351 e. The van der Waals surface area contributed by atoms with Crippen LogP contribution in [0.3, 0.4) is 0 Å². The van der Waals surface area contributed by atoms with E-state index in [1.54, 1.807) is 22.3 Å². The van der Waals surface area contributed by atoms with Gasteiger partial charge in [-0.15, -0.1) is 11.3 Å². The van der Waals surface area contributed by atoms with Crippen LogP contribution in [-0.2, 0) is 9.59 Å². The third-order valence-corrected chi connectivity index (χ3v) is 6.15. The summed E-state index contributed by atoms with van der Waals surface area (Å²) in [6.45, 7) is 6.37. The monoisotopic (exact) mass is 411 g/mol. The highest BCUT2D eigenvalue weighted by Gasteiger charge is 2.43. The molecule has 29 heavy (non-hydrogen) atoms. The number of carbonyl (C=O) groups is 3. The van der Waals surface area contributed by atoms with Crippen molar-refractivity contribution in [3.63, 3.8) is 0 Å². The first-order chi connectivity index (χ1) is 13.7. The number of carbonyl (C=O) groups excluding carboxylic acids is 3. The number of benzene rings is 1. The Morgan fingerprint density at radius 2 is 2.07 bits per heavy atom. The van der Waals surface area contributed by atoms with Gasteiger partial charge in [0.15, 0.2) is 0 Å².